The molecule has 1 heterocycles. The molecule has 1 aliphatic rings. The molecule has 1 N–H and O–H groups in total. The normalized spacial score (nSPS) is 13.5. The lowest BCUT2D eigenvalue weighted by molar-refractivity contribution is -0.139. The number of rotatable bonds is 7. The summed E-state index contributed by atoms with van der Waals surface area (Å²) < 4.78 is 10.3. The highest BCUT2D eigenvalue weighted by atomic mass is 16.5. The number of hydrogen-bond acceptors (Lipinski definition) is 5. The molecular formula is C17H18N2O5. The third-order valence-corrected chi connectivity index (χ3v) is 3.78. The van der Waals surface area contributed by atoms with Crippen molar-refractivity contribution in [1.82, 2.24) is 10.1 Å². The Kier molecular flexibility index (Phi) is 4.50. The first-order chi connectivity index (χ1) is 11.5. The van der Waals surface area contributed by atoms with E-state index in [0.717, 1.165) is 24.2 Å². The molecule has 0 saturated heterocycles. The topological polar surface area (TPSA) is 92.9 Å². The van der Waals surface area contributed by atoms with E-state index in [-0.39, 0.29) is 12.5 Å². The van der Waals surface area contributed by atoms with Crippen molar-refractivity contribution in [3.63, 3.8) is 0 Å². The summed E-state index contributed by atoms with van der Waals surface area (Å²) in [6.07, 6.45) is 2.18. The number of nitrogens with zero attached hydrogens (tertiary/aromatic N) is 2. The van der Waals surface area contributed by atoms with E-state index in [1.807, 2.05) is 0 Å². The highest BCUT2D eigenvalue weighted by Crippen LogP contribution is 2.40. The lowest BCUT2D eigenvalue weighted by Gasteiger charge is -2.15. The van der Waals surface area contributed by atoms with Crippen LogP contribution in [-0.4, -0.2) is 40.7 Å². The number of ether oxygens (including phenoxy) is 1. The van der Waals surface area contributed by atoms with Gasteiger partial charge in [0.1, 0.15) is 11.5 Å². The number of carbonyl (C=O) groups is 2. The van der Waals surface area contributed by atoms with Gasteiger partial charge in [0.25, 0.3) is 5.91 Å². The van der Waals surface area contributed by atoms with E-state index in [9.17, 15) is 9.59 Å². The standard InChI is InChI=1S/C17H18N2O5/c1-19(17(22)14-8-15(24-18-14)12-4-5-12)9-11-2-6-13(7-3-11)23-10-16(20)21/h2-3,6-8,12H,4-5,9-10H2,1H3,(H,20,21). The molecule has 0 spiro atoms. The van der Waals surface area contributed by atoms with Crippen LogP contribution in [0.3, 0.4) is 0 Å². The van der Waals surface area contributed by atoms with E-state index in [4.69, 9.17) is 14.4 Å². The second-order valence-electron chi connectivity index (χ2n) is 5.88. The SMILES string of the molecule is CN(Cc1ccc(OCC(=O)O)cc1)C(=O)c1cc(C2CC2)on1. The number of carboxylic acids is 1. The average Bonchev–Trinajstić information content (AvgIpc) is 3.30. The monoisotopic (exact) mass is 330 g/mol. The van der Waals surface area contributed by atoms with Crippen LogP contribution >= 0.6 is 0 Å². The Balaban J connectivity index is 1.57. The smallest absolute Gasteiger partial charge is 0.341 e. The van der Waals surface area contributed by atoms with Gasteiger partial charge in [0.05, 0.1) is 0 Å². The molecule has 0 unspecified atom stereocenters. The molecule has 1 aromatic heterocycles. The Hall–Kier alpha value is -2.83. The summed E-state index contributed by atoms with van der Waals surface area (Å²) in [5.74, 6) is 0.453. The van der Waals surface area contributed by atoms with Crippen molar-refractivity contribution >= 4 is 11.9 Å². The first kappa shape index (κ1) is 16.0. The van der Waals surface area contributed by atoms with Crippen molar-refractivity contribution in [3.05, 3.63) is 47.3 Å². The van der Waals surface area contributed by atoms with E-state index < -0.39 is 5.97 Å². The van der Waals surface area contributed by atoms with Crippen molar-refractivity contribution < 1.29 is 24.0 Å². The molecule has 1 fully saturated rings. The minimum absolute atomic E-state index is 0.197. The molecule has 7 heteroatoms. The van der Waals surface area contributed by atoms with Gasteiger partial charge in [-0.3, -0.25) is 4.79 Å². The Morgan fingerprint density at radius 1 is 1.33 bits per heavy atom. The number of aromatic nitrogens is 1. The fraction of sp³-hybridized carbons (Fsp3) is 0.353. The van der Waals surface area contributed by atoms with Crippen LogP contribution in [0.15, 0.2) is 34.9 Å². The van der Waals surface area contributed by atoms with E-state index in [1.165, 1.54) is 0 Å². The molecular weight excluding hydrogens is 312 g/mol. The molecule has 2 aromatic rings. The van der Waals surface area contributed by atoms with E-state index >= 15 is 0 Å². The number of carbonyl (C=O) groups excluding carboxylic acids is 1. The van der Waals surface area contributed by atoms with Crippen molar-refractivity contribution in [2.75, 3.05) is 13.7 Å². The van der Waals surface area contributed by atoms with Crippen LogP contribution in [0.2, 0.25) is 0 Å². The minimum atomic E-state index is -1.03. The zero-order valence-corrected chi connectivity index (χ0v) is 13.3. The van der Waals surface area contributed by atoms with Gasteiger partial charge in [-0.15, -0.1) is 0 Å². The largest absolute Gasteiger partial charge is 0.482 e. The van der Waals surface area contributed by atoms with Crippen LogP contribution in [0.1, 0.15) is 40.6 Å². The highest BCUT2D eigenvalue weighted by Gasteiger charge is 2.29. The number of benzene rings is 1. The zero-order chi connectivity index (χ0) is 17.1. The van der Waals surface area contributed by atoms with Gasteiger partial charge < -0.3 is 19.3 Å². The summed E-state index contributed by atoms with van der Waals surface area (Å²) in [6.45, 7) is 0.0247. The molecule has 126 valence electrons. The van der Waals surface area contributed by atoms with Gasteiger partial charge in [0.15, 0.2) is 12.3 Å². The van der Waals surface area contributed by atoms with E-state index in [1.54, 1.807) is 42.3 Å². The fourth-order valence-electron chi connectivity index (χ4n) is 2.33. The summed E-state index contributed by atoms with van der Waals surface area (Å²) in [5.41, 5.74) is 1.22. The maximum atomic E-state index is 12.4. The van der Waals surface area contributed by atoms with Crippen LogP contribution in [0.4, 0.5) is 0 Å². The predicted octanol–water partition coefficient (Wildman–Crippen LogP) is 2.29. The Labute approximate surface area is 138 Å². The first-order valence-corrected chi connectivity index (χ1v) is 7.68. The van der Waals surface area contributed by atoms with Crippen LogP contribution < -0.4 is 4.74 Å². The molecule has 24 heavy (non-hydrogen) atoms. The van der Waals surface area contributed by atoms with Gasteiger partial charge in [-0.1, -0.05) is 17.3 Å². The molecule has 0 radical (unpaired) electrons. The van der Waals surface area contributed by atoms with E-state index in [2.05, 4.69) is 5.16 Å². The summed E-state index contributed by atoms with van der Waals surface area (Å²) in [7, 11) is 1.70. The van der Waals surface area contributed by atoms with Gasteiger partial charge in [-0.2, -0.15) is 0 Å². The summed E-state index contributed by atoms with van der Waals surface area (Å²) in [4.78, 5) is 24.4. The van der Waals surface area contributed by atoms with Gasteiger partial charge in [0, 0.05) is 25.6 Å². The average molecular weight is 330 g/mol. The van der Waals surface area contributed by atoms with Crippen molar-refractivity contribution in [1.29, 1.82) is 0 Å². The Morgan fingerprint density at radius 2 is 2.04 bits per heavy atom. The van der Waals surface area contributed by atoms with Crippen molar-refractivity contribution in [2.24, 2.45) is 0 Å². The van der Waals surface area contributed by atoms with Crippen LogP contribution in [0, 0.1) is 0 Å². The van der Waals surface area contributed by atoms with Crippen molar-refractivity contribution in [2.45, 2.75) is 25.3 Å². The Morgan fingerprint density at radius 3 is 2.67 bits per heavy atom. The third kappa shape index (κ3) is 3.92. The second-order valence-corrected chi connectivity index (χ2v) is 5.88. The molecule has 1 aliphatic carbocycles. The summed E-state index contributed by atoms with van der Waals surface area (Å²) >= 11 is 0. The van der Waals surface area contributed by atoms with Crippen molar-refractivity contribution in [3.8, 4) is 5.75 Å². The van der Waals surface area contributed by atoms with Crippen LogP contribution in [-0.2, 0) is 11.3 Å². The number of carboxylic acid groups (broad SMARTS) is 1. The minimum Gasteiger partial charge on any atom is -0.482 e. The highest BCUT2D eigenvalue weighted by molar-refractivity contribution is 5.92. The van der Waals surface area contributed by atoms with Gasteiger partial charge >= 0.3 is 5.97 Å². The zero-order valence-electron chi connectivity index (χ0n) is 13.3. The third-order valence-electron chi connectivity index (χ3n) is 3.78. The maximum Gasteiger partial charge on any atom is 0.341 e. The summed E-state index contributed by atoms with van der Waals surface area (Å²) in [6, 6.07) is 8.66. The maximum absolute atomic E-state index is 12.4. The number of amides is 1. The molecule has 1 saturated carbocycles. The quantitative estimate of drug-likeness (QED) is 0.837. The van der Waals surface area contributed by atoms with Crippen LogP contribution in [0.25, 0.3) is 0 Å². The molecule has 1 aromatic carbocycles. The van der Waals surface area contributed by atoms with Gasteiger partial charge in [-0.05, 0) is 30.5 Å². The molecule has 0 aliphatic heterocycles. The molecule has 7 nitrogen and oxygen atoms in total. The lowest BCUT2D eigenvalue weighted by atomic mass is 10.2. The van der Waals surface area contributed by atoms with E-state index in [0.29, 0.717) is 23.9 Å². The molecule has 0 atom stereocenters. The number of aliphatic carboxylic acids is 1. The number of hydrogen-bond donors (Lipinski definition) is 1. The van der Waals surface area contributed by atoms with Gasteiger partial charge in [-0.25, -0.2) is 4.79 Å². The van der Waals surface area contributed by atoms with Crippen LogP contribution in [0.5, 0.6) is 5.75 Å². The first-order valence-electron chi connectivity index (χ1n) is 7.68. The lowest BCUT2D eigenvalue weighted by Crippen LogP contribution is -2.26. The molecule has 3 rings (SSSR count). The van der Waals surface area contributed by atoms with Gasteiger partial charge in [0.2, 0.25) is 0 Å². The molecule has 0 bridgehead atoms. The fourth-order valence-corrected chi connectivity index (χ4v) is 2.33. The predicted molar refractivity (Wildman–Crippen MR) is 83.8 cm³/mol. The Bertz CT molecular complexity index is 734. The second kappa shape index (κ2) is 6.74. The summed E-state index contributed by atoms with van der Waals surface area (Å²) in [5, 5.41) is 12.4. The molecule has 1 amide bonds.